The number of nitriles is 1. The summed E-state index contributed by atoms with van der Waals surface area (Å²) in [5, 5.41) is 14.3. The molecule has 7 aromatic carbocycles. The summed E-state index contributed by atoms with van der Waals surface area (Å²) >= 11 is 0. The number of fused-ring (bicyclic) bond motifs is 7. The molecule has 0 saturated heterocycles. The largest absolute Gasteiger partial charge is 0.309 e. The summed E-state index contributed by atoms with van der Waals surface area (Å²) in [4.78, 5) is 15.6. The maximum Gasteiger partial charge on any atom is 0.238 e. The van der Waals surface area contributed by atoms with E-state index in [1.54, 1.807) is 0 Å². The molecule has 6 heteroatoms. The van der Waals surface area contributed by atoms with E-state index >= 15 is 0 Å². The number of aromatic nitrogens is 5. The molecule has 282 valence electrons. The van der Waals surface area contributed by atoms with Crippen molar-refractivity contribution in [2.45, 2.75) is 44.9 Å². The SMILES string of the molecule is CC1(C)CC(C)(C)c2c(-n3c4ccccc4c4cc5c6ccccc6n(-c6nc(-c7ccc(C#N)cc7)nc(-c7ccc(-c8ccccc8)cc7)n6)c5cc43)cccc21. The molecule has 0 spiro atoms. The fourth-order valence-electron chi connectivity index (χ4n) is 10.1. The molecule has 0 fully saturated rings. The monoisotopic (exact) mass is 760 g/mol. The lowest BCUT2D eigenvalue weighted by Gasteiger charge is -2.24. The average Bonchev–Trinajstić information content (AvgIpc) is 3.84. The normalized spacial score (nSPS) is 14.3. The highest BCUT2D eigenvalue weighted by Gasteiger charge is 2.43. The Labute approximate surface area is 342 Å². The zero-order valence-electron chi connectivity index (χ0n) is 33.4. The Kier molecular flexibility index (Phi) is 7.58. The van der Waals surface area contributed by atoms with Crippen LogP contribution in [0.3, 0.4) is 0 Å². The summed E-state index contributed by atoms with van der Waals surface area (Å²) in [6.07, 6.45) is 1.08. The molecule has 0 amide bonds. The van der Waals surface area contributed by atoms with Crippen molar-refractivity contribution in [2.75, 3.05) is 0 Å². The number of rotatable bonds is 5. The molecule has 0 bridgehead atoms. The first-order valence-electron chi connectivity index (χ1n) is 20.2. The second-order valence-electron chi connectivity index (χ2n) is 17.2. The number of para-hydroxylation sites is 2. The third-order valence-electron chi connectivity index (χ3n) is 12.4. The highest BCUT2D eigenvalue weighted by atomic mass is 15.2. The molecule has 0 aliphatic heterocycles. The Balaban J connectivity index is 1.20. The molecule has 59 heavy (non-hydrogen) atoms. The van der Waals surface area contributed by atoms with Crippen LogP contribution in [0.15, 0.2) is 158 Å². The Bertz CT molecular complexity index is 3340. The van der Waals surface area contributed by atoms with Crippen LogP contribution in [0.25, 0.3) is 89.2 Å². The third kappa shape index (κ3) is 5.42. The van der Waals surface area contributed by atoms with Gasteiger partial charge in [0.25, 0.3) is 0 Å². The number of hydrogen-bond donors (Lipinski definition) is 0. The van der Waals surface area contributed by atoms with E-state index < -0.39 is 0 Å². The van der Waals surface area contributed by atoms with Gasteiger partial charge in [-0.25, -0.2) is 4.98 Å². The molecular weight excluding hydrogens is 721 g/mol. The van der Waals surface area contributed by atoms with E-state index in [-0.39, 0.29) is 10.8 Å². The minimum Gasteiger partial charge on any atom is -0.309 e. The molecule has 1 aliphatic rings. The van der Waals surface area contributed by atoms with Crippen molar-refractivity contribution in [1.29, 1.82) is 5.26 Å². The van der Waals surface area contributed by atoms with Gasteiger partial charge >= 0.3 is 0 Å². The minimum atomic E-state index is -0.00541. The van der Waals surface area contributed by atoms with Crippen molar-refractivity contribution in [3.05, 3.63) is 174 Å². The lowest BCUT2D eigenvalue weighted by Crippen LogP contribution is -2.18. The summed E-state index contributed by atoms with van der Waals surface area (Å²) < 4.78 is 4.69. The molecule has 1 aliphatic carbocycles. The standard InChI is InChI=1S/C53H40N6/c1-52(2)32-53(3,4)48-42(52)17-12-20-45(48)58-43-18-10-8-15-38(43)40-29-41-39-16-9-11-19-44(39)59(47(41)30-46(40)58)51-56-49(36-23-21-33(31-54)22-24-36)55-50(57-51)37-27-25-35(26-28-37)34-13-6-5-7-14-34/h5-30H,32H2,1-4H3. The van der Waals surface area contributed by atoms with Crippen LogP contribution in [-0.4, -0.2) is 24.1 Å². The Morgan fingerprint density at radius 1 is 0.475 bits per heavy atom. The molecule has 6 nitrogen and oxygen atoms in total. The first-order chi connectivity index (χ1) is 28.7. The first-order valence-corrected chi connectivity index (χ1v) is 20.2. The molecule has 11 rings (SSSR count). The smallest absolute Gasteiger partial charge is 0.238 e. The maximum atomic E-state index is 9.58. The van der Waals surface area contributed by atoms with Crippen molar-refractivity contribution >= 4 is 43.6 Å². The van der Waals surface area contributed by atoms with Gasteiger partial charge in [-0.3, -0.25) is 4.57 Å². The van der Waals surface area contributed by atoms with Gasteiger partial charge in [0.2, 0.25) is 5.95 Å². The van der Waals surface area contributed by atoms with E-state index in [0.717, 1.165) is 56.0 Å². The van der Waals surface area contributed by atoms with Gasteiger partial charge in [-0.1, -0.05) is 131 Å². The number of nitrogens with zero attached hydrogens (tertiary/aromatic N) is 6. The lowest BCUT2D eigenvalue weighted by molar-refractivity contribution is 0.403. The van der Waals surface area contributed by atoms with Crippen LogP contribution < -0.4 is 0 Å². The van der Waals surface area contributed by atoms with E-state index in [2.05, 4.69) is 170 Å². The van der Waals surface area contributed by atoms with Gasteiger partial charge in [-0.15, -0.1) is 0 Å². The van der Waals surface area contributed by atoms with E-state index in [4.69, 9.17) is 15.0 Å². The summed E-state index contributed by atoms with van der Waals surface area (Å²) in [5.74, 6) is 1.63. The van der Waals surface area contributed by atoms with Crippen LogP contribution in [0.4, 0.5) is 0 Å². The van der Waals surface area contributed by atoms with Crippen molar-refractivity contribution < 1.29 is 0 Å². The van der Waals surface area contributed by atoms with Gasteiger partial charge in [0.05, 0.1) is 39.4 Å². The zero-order chi connectivity index (χ0) is 40.0. The van der Waals surface area contributed by atoms with Crippen LogP contribution in [0.2, 0.25) is 0 Å². The minimum absolute atomic E-state index is 0.00541. The molecular formula is C53H40N6. The highest BCUT2D eigenvalue weighted by Crippen LogP contribution is 2.52. The lowest BCUT2D eigenvalue weighted by atomic mass is 9.81. The summed E-state index contributed by atoms with van der Waals surface area (Å²) in [6, 6.07) is 57.4. The van der Waals surface area contributed by atoms with Crippen LogP contribution in [0.1, 0.15) is 50.8 Å². The van der Waals surface area contributed by atoms with Crippen LogP contribution >= 0.6 is 0 Å². The molecule has 0 radical (unpaired) electrons. The predicted octanol–water partition coefficient (Wildman–Crippen LogP) is 12.9. The van der Waals surface area contributed by atoms with Gasteiger partial charge < -0.3 is 4.57 Å². The van der Waals surface area contributed by atoms with Gasteiger partial charge in [0, 0.05) is 32.7 Å². The Morgan fingerprint density at radius 3 is 1.66 bits per heavy atom. The zero-order valence-corrected chi connectivity index (χ0v) is 33.4. The fraction of sp³-hybridized carbons (Fsp3) is 0.132. The molecule has 3 heterocycles. The molecule has 0 saturated carbocycles. The highest BCUT2D eigenvalue weighted by molar-refractivity contribution is 6.19. The molecule has 10 aromatic rings. The Hall–Kier alpha value is -7.36. The second-order valence-corrected chi connectivity index (χ2v) is 17.2. The van der Waals surface area contributed by atoms with Crippen LogP contribution in [0, 0.1) is 11.3 Å². The number of hydrogen-bond acceptors (Lipinski definition) is 4. The van der Waals surface area contributed by atoms with Crippen molar-refractivity contribution in [1.82, 2.24) is 24.1 Å². The molecule has 0 atom stereocenters. The summed E-state index contributed by atoms with van der Waals surface area (Å²) in [6.45, 7) is 9.55. The van der Waals surface area contributed by atoms with E-state index in [0.29, 0.717) is 23.2 Å². The van der Waals surface area contributed by atoms with Crippen LogP contribution in [-0.2, 0) is 10.8 Å². The fourth-order valence-corrected chi connectivity index (χ4v) is 10.1. The predicted molar refractivity (Wildman–Crippen MR) is 240 cm³/mol. The first kappa shape index (κ1) is 34.9. The maximum absolute atomic E-state index is 9.58. The molecule has 3 aromatic heterocycles. The van der Waals surface area contributed by atoms with Crippen LogP contribution in [0.5, 0.6) is 0 Å². The van der Waals surface area contributed by atoms with E-state index in [9.17, 15) is 5.26 Å². The number of benzene rings is 7. The van der Waals surface area contributed by atoms with Crippen molar-refractivity contribution in [3.63, 3.8) is 0 Å². The van der Waals surface area contributed by atoms with Gasteiger partial charge in [-0.05, 0) is 94.1 Å². The van der Waals surface area contributed by atoms with Crippen molar-refractivity contribution in [2.24, 2.45) is 0 Å². The summed E-state index contributed by atoms with van der Waals surface area (Å²) in [7, 11) is 0. The van der Waals surface area contributed by atoms with Gasteiger partial charge in [0.15, 0.2) is 11.6 Å². The Morgan fingerprint density at radius 2 is 1.02 bits per heavy atom. The quantitative estimate of drug-likeness (QED) is 0.175. The van der Waals surface area contributed by atoms with Gasteiger partial charge in [-0.2, -0.15) is 15.2 Å². The van der Waals surface area contributed by atoms with Gasteiger partial charge in [0.1, 0.15) is 0 Å². The average molecular weight is 761 g/mol. The van der Waals surface area contributed by atoms with Crippen molar-refractivity contribution in [3.8, 4) is 51.6 Å². The second kappa shape index (κ2) is 12.8. The topological polar surface area (TPSA) is 72.3 Å². The molecule has 0 N–H and O–H groups in total. The molecule has 0 unspecified atom stereocenters. The summed E-state index contributed by atoms with van der Waals surface area (Å²) in [5.41, 5.74) is 13.0. The van der Waals surface area contributed by atoms with E-state index in [1.807, 2.05) is 30.3 Å². The third-order valence-corrected chi connectivity index (χ3v) is 12.4. The van der Waals surface area contributed by atoms with E-state index in [1.165, 1.54) is 33.1 Å².